The molecule has 1 N–H and O–H groups in total. The van der Waals surface area contributed by atoms with Crippen LogP contribution in [0.25, 0.3) is 12.2 Å². The van der Waals surface area contributed by atoms with Gasteiger partial charge in [0.1, 0.15) is 5.75 Å². The molecule has 0 radical (unpaired) electrons. The van der Waals surface area contributed by atoms with Gasteiger partial charge in [-0.3, -0.25) is 0 Å². The van der Waals surface area contributed by atoms with Crippen molar-refractivity contribution >= 4 is 24.7 Å². The van der Waals surface area contributed by atoms with Crippen LogP contribution in [-0.2, 0) is 11.3 Å². The Hall–Kier alpha value is -2.04. The van der Waals surface area contributed by atoms with E-state index in [0.29, 0.717) is 6.61 Å². The standard InChI is InChI=1S/C16H15BO3/c1-19-15-4-2-3-12(10-15)5-6-13-7-8-16-14(9-13)11-20-17(16)18/h2-10,18H,11H2,1H3/b6-5+. The van der Waals surface area contributed by atoms with E-state index < -0.39 is 7.12 Å². The van der Waals surface area contributed by atoms with Crippen molar-refractivity contribution < 1.29 is 14.4 Å². The smallest absolute Gasteiger partial charge is 0.491 e. The summed E-state index contributed by atoms with van der Waals surface area (Å²) in [4.78, 5) is 0. The molecule has 1 aliphatic rings. The molecule has 0 fully saturated rings. The second kappa shape index (κ2) is 5.53. The van der Waals surface area contributed by atoms with Gasteiger partial charge in [0.2, 0.25) is 0 Å². The number of hydrogen-bond donors (Lipinski definition) is 1. The number of methoxy groups -OCH3 is 1. The first kappa shape index (κ1) is 13.0. The number of hydrogen-bond acceptors (Lipinski definition) is 3. The zero-order chi connectivity index (χ0) is 13.9. The van der Waals surface area contributed by atoms with Crippen molar-refractivity contribution in [1.29, 1.82) is 0 Å². The highest BCUT2D eigenvalue weighted by atomic mass is 16.5. The molecule has 0 aliphatic carbocycles. The van der Waals surface area contributed by atoms with Crippen molar-refractivity contribution in [2.45, 2.75) is 6.61 Å². The van der Waals surface area contributed by atoms with Crippen molar-refractivity contribution in [3.05, 3.63) is 59.2 Å². The van der Waals surface area contributed by atoms with E-state index in [1.807, 2.05) is 54.6 Å². The maximum atomic E-state index is 9.58. The molecule has 3 nitrogen and oxygen atoms in total. The summed E-state index contributed by atoms with van der Waals surface area (Å²) in [6.45, 7) is 0.470. The van der Waals surface area contributed by atoms with Crippen molar-refractivity contribution in [2.75, 3.05) is 7.11 Å². The Kier molecular flexibility index (Phi) is 3.59. The molecule has 4 heteroatoms. The lowest BCUT2D eigenvalue weighted by Gasteiger charge is -2.01. The molecule has 3 rings (SSSR count). The van der Waals surface area contributed by atoms with Crippen LogP contribution in [0, 0.1) is 0 Å². The third-order valence-corrected chi connectivity index (χ3v) is 3.39. The molecular weight excluding hydrogens is 251 g/mol. The molecule has 2 aromatic carbocycles. The molecule has 0 unspecified atom stereocenters. The lowest BCUT2D eigenvalue weighted by Crippen LogP contribution is -2.27. The predicted molar refractivity (Wildman–Crippen MR) is 80.8 cm³/mol. The Balaban J connectivity index is 1.82. The maximum Gasteiger partial charge on any atom is 0.491 e. The average molecular weight is 266 g/mol. The number of benzene rings is 2. The first-order valence-electron chi connectivity index (χ1n) is 6.51. The second-order valence-corrected chi connectivity index (χ2v) is 4.73. The minimum Gasteiger partial charge on any atom is -0.497 e. The van der Waals surface area contributed by atoms with Gasteiger partial charge in [-0.1, -0.05) is 36.4 Å². The minimum absolute atomic E-state index is 0.470. The van der Waals surface area contributed by atoms with E-state index in [1.54, 1.807) is 7.11 Å². The van der Waals surface area contributed by atoms with Gasteiger partial charge in [-0.25, -0.2) is 0 Å². The van der Waals surface area contributed by atoms with Gasteiger partial charge >= 0.3 is 7.12 Å². The summed E-state index contributed by atoms with van der Waals surface area (Å²) in [5.74, 6) is 0.845. The van der Waals surface area contributed by atoms with Crippen molar-refractivity contribution in [2.24, 2.45) is 0 Å². The molecule has 0 spiro atoms. The molecule has 0 saturated carbocycles. The van der Waals surface area contributed by atoms with Crippen molar-refractivity contribution in [3.8, 4) is 5.75 Å². The van der Waals surface area contributed by atoms with Gasteiger partial charge in [0.05, 0.1) is 13.7 Å². The van der Waals surface area contributed by atoms with E-state index in [9.17, 15) is 5.02 Å². The number of rotatable bonds is 3. The molecule has 0 saturated heterocycles. The van der Waals surface area contributed by atoms with Crippen LogP contribution in [0.3, 0.4) is 0 Å². The van der Waals surface area contributed by atoms with Gasteiger partial charge in [-0.15, -0.1) is 0 Å². The fourth-order valence-corrected chi connectivity index (χ4v) is 2.29. The van der Waals surface area contributed by atoms with E-state index >= 15 is 0 Å². The monoisotopic (exact) mass is 266 g/mol. The summed E-state index contributed by atoms with van der Waals surface area (Å²) in [5.41, 5.74) is 4.08. The Labute approximate surface area is 118 Å². The quantitative estimate of drug-likeness (QED) is 0.682. The normalized spacial score (nSPS) is 13.8. The largest absolute Gasteiger partial charge is 0.497 e. The highest BCUT2D eigenvalue weighted by Crippen LogP contribution is 2.17. The van der Waals surface area contributed by atoms with Gasteiger partial charge in [-0.2, -0.15) is 0 Å². The summed E-state index contributed by atoms with van der Waals surface area (Å²) >= 11 is 0. The third-order valence-electron chi connectivity index (χ3n) is 3.39. The molecule has 0 bridgehead atoms. The summed E-state index contributed by atoms with van der Waals surface area (Å²) < 4.78 is 10.4. The zero-order valence-electron chi connectivity index (χ0n) is 11.2. The van der Waals surface area contributed by atoms with Gasteiger partial charge in [0.15, 0.2) is 0 Å². The van der Waals surface area contributed by atoms with E-state index in [2.05, 4.69) is 0 Å². The van der Waals surface area contributed by atoms with Crippen LogP contribution in [0.2, 0.25) is 0 Å². The van der Waals surface area contributed by atoms with Crippen LogP contribution in [0.15, 0.2) is 42.5 Å². The predicted octanol–water partition coefficient (Wildman–Crippen LogP) is 2.08. The fourth-order valence-electron chi connectivity index (χ4n) is 2.29. The molecular formula is C16H15BO3. The number of ether oxygens (including phenoxy) is 1. The summed E-state index contributed by atoms with van der Waals surface area (Å²) in [6.07, 6.45) is 4.08. The van der Waals surface area contributed by atoms with Gasteiger partial charge in [-0.05, 0) is 40.4 Å². The summed E-state index contributed by atoms with van der Waals surface area (Å²) in [6, 6.07) is 13.8. The van der Waals surface area contributed by atoms with E-state index in [0.717, 1.165) is 27.9 Å². The van der Waals surface area contributed by atoms with Gasteiger partial charge in [0.25, 0.3) is 0 Å². The first-order valence-corrected chi connectivity index (χ1v) is 6.51. The molecule has 0 aromatic heterocycles. The van der Waals surface area contributed by atoms with Crippen LogP contribution in [0.1, 0.15) is 16.7 Å². The average Bonchev–Trinajstić information content (AvgIpc) is 2.86. The Morgan fingerprint density at radius 1 is 1.15 bits per heavy atom. The molecule has 0 amide bonds. The molecule has 2 aromatic rings. The minimum atomic E-state index is -0.776. The van der Waals surface area contributed by atoms with Crippen LogP contribution < -0.4 is 10.2 Å². The van der Waals surface area contributed by atoms with Crippen LogP contribution in [0.4, 0.5) is 0 Å². The molecule has 100 valence electrons. The molecule has 1 aliphatic heterocycles. The summed E-state index contributed by atoms with van der Waals surface area (Å²) in [7, 11) is 0.885. The molecule has 1 heterocycles. The summed E-state index contributed by atoms with van der Waals surface area (Å²) in [5, 5.41) is 9.58. The topological polar surface area (TPSA) is 38.7 Å². The van der Waals surface area contributed by atoms with Crippen molar-refractivity contribution in [1.82, 2.24) is 0 Å². The lowest BCUT2D eigenvalue weighted by molar-refractivity contribution is 0.275. The number of fused-ring (bicyclic) bond motifs is 1. The van der Waals surface area contributed by atoms with Crippen molar-refractivity contribution in [3.63, 3.8) is 0 Å². The maximum absolute atomic E-state index is 9.58. The zero-order valence-corrected chi connectivity index (χ0v) is 11.2. The molecule has 20 heavy (non-hydrogen) atoms. The van der Waals surface area contributed by atoms with Crippen LogP contribution in [-0.4, -0.2) is 19.3 Å². The van der Waals surface area contributed by atoms with Gasteiger partial charge in [0, 0.05) is 0 Å². The molecule has 0 atom stereocenters. The Bertz CT molecular complexity index is 652. The Morgan fingerprint density at radius 2 is 1.95 bits per heavy atom. The third kappa shape index (κ3) is 2.62. The highest BCUT2D eigenvalue weighted by Gasteiger charge is 2.26. The fraction of sp³-hybridized carbons (Fsp3) is 0.125. The SMILES string of the molecule is COc1cccc(/C=C/c2ccc3c(c2)COB3O)c1. The van der Waals surface area contributed by atoms with E-state index in [-0.39, 0.29) is 0 Å². The van der Waals surface area contributed by atoms with Gasteiger partial charge < -0.3 is 14.4 Å². The van der Waals surface area contributed by atoms with Crippen LogP contribution in [0.5, 0.6) is 5.75 Å². The second-order valence-electron chi connectivity index (χ2n) is 4.73. The highest BCUT2D eigenvalue weighted by molar-refractivity contribution is 6.61. The lowest BCUT2D eigenvalue weighted by atomic mass is 9.79. The Morgan fingerprint density at radius 3 is 2.75 bits per heavy atom. The van der Waals surface area contributed by atoms with E-state index in [4.69, 9.17) is 9.39 Å². The first-order chi connectivity index (χ1) is 9.76. The van der Waals surface area contributed by atoms with Crippen LogP contribution >= 0.6 is 0 Å². The van der Waals surface area contributed by atoms with E-state index in [1.165, 1.54) is 0 Å².